The fraction of sp³-hybridized carbons (Fsp3) is 0.500. The highest BCUT2D eigenvalue weighted by molar-refractivity contribution is 5.83. The first-order valence-electron chi connectivity index (χ1n) is 9.13. The van der Waals surface area contributed by atoms with Crippen molar-refractivity contribution in [1.29, 1.82) is 0 Å². The predicted molar refractivity (Wildman–Crippen MR) is 97.2 cm³/mol. The first-order chi connectivity index (χ1) is 12.1. The Morgan fingerprint density at radius 2 is 1.88 bits per heavy atom. The van der Waals surface area contributed by atoms with Gasteiger partial charge in [-0.25, -0.2) is 4.79 Å². The molecule has 1 aliphatic rings. The molecule has 0 saturated heterocycles. The van der Waals surface area contributed by atoms with Crippen molar-refractivity contribution in [3.8, 4) is 5.75 Å². The summed E-state index contributed by atoms with van der Waals surface area (Å²) in [5.74, 6) is 0.536. The zero-order valence-corrected chi connectivity index (χ0v) is 15.0. The third-order valence-electron chi connectivity index (χ3n) is 4.65. The highest BCUT2D eigenvalue weighted by Gasteiger charge is 2.20. The van der Waals surface area contributed by atoms with E-state index < -0.39 is 0 Å². The third kappa shape index (κ3) is 3.70. The second-order valence-electron chi connectivity index (χ2n) is 6.53. The third-order valence-corrected chi connectivity index (χ3v) is 4.65. The van der Waals surface area contributed by atoms with Crippen LogP contribution in [-0.4, -0.2) is 30.5 Å². The molecule has 0 fully saturated rings. The molecule has 25 heavy (non-hydrogen) atoms. The molecule has 0 spiro atoms. The van der Waals surface area contributed by atoms with Crippen molar-refractivity contribution in [3.05, 3.63) is 39.7 Å². The van der Waals surface area contributed by atoms with Crippen LogP contribution in [0.3, 0.4) is 0 Å². The number of fused-ring (bicyclic) bond motifs is 3. The minimum atomic E-state index is -0.245. The lowest BCUT2D eigenvalue weighted by atomic mass is 10.1. The van der Waals surface area contributed by atoms with Crippen LogP contribution in [0.2, 0.25) is 0 Å². The van der Waals surface area contributed by atoms with E-state index in [0.29, 0.717) is 11.3 Å². The molecule has 0 radical (unpaired) electrons. The topological polar surface area (TPSA) is 59.8 Å². The molecule has 0 atom stereocenters. The van der Waals surface area contributed by atoms with Crippen LogP contribution in [0.4, 0.5) is 0 Å². The van der Waals surface area contributed by atoms with Gasteiger partial charge in [-0.1, -0.05) is 13.8 Å². The Hall–Kier alpha value is -2.30. The second-order valence-corrected chi connectivity index (χ2v) is 6.53. The van der Waals surface area contributed by atoms with E-state index in [1.807, 2.05) is 17.0 Å². The molecule has 3 rings (SSSR count). The maximum atomic E-state index is 12.3. The van der Waals surface area contributed by atoms with Crippen molar-refractivity contribution in [2.24, 2.45) is 0 Å². The summed E-state index contributed by atoms with van der Waals surface area (Å²) in [6.45, 7) is 5.60. The lowest BCUT2D eigenvalue weighted by molar-refractivity contribution is -0.133. The zero-order valence-electron chi connectivity index (χ0n) is 15.0. The van der Waals surface area contributed by atoms with E-state index in [0.717, 1.165) is 61.7 Å². The number of benzene rings is 1. The quantitative estimate of drug-likeness (QED) is 0.724. The summed E-state index contributed by atoms with van der Waals surface area (Å²) in [6, 6.07) is 5.49. The summed E-state index contributed by atoms with van der Waals surface area (Å²) in [6.07, 6.45) is 4.57. The maximum absolute atomic E-state index is 12.3. The van der Waals surface area contributed by atoms with Crippen LogP contribution in [0.15, 0.2) is 27.4 Å². The molecule has 0 bridgehead atoms. The summed E-state index contributed by atoms with van der Waals surface area (Å²) in [4.78, 5) is 26.2. The van der Waals surface area contributed by atoms with Crippen molar-refractivity contribution >= 4 is 16.9 Å². The van der Waals surface area contributed by atoms with E-state index in [-0.39, 0.29) is 18.1 Å². The Kier molecular flexibility index (Phi) is 5.41. The van der Waals surface area contributed by atoms with Crippen LogP contribution in [0.1, 0.15) is 44.2 Å². The van der Waals surface area contributed by atoms with E-state index in [9.17, 15) is 9.59 Å². The van der Waals surface area contributed by atoms with Crippen LogP contribution in [0.5, 0.6) is 5.75 Å². The molecule has 1 aromatic heterocycles. The van der Waals surface area contributed by atoms with Crippen LogP contribution in [-0.2, 0) is 17.6 Å². The van der Waals surface area contributed by atoms with Gasteiger partial charge in [-0.05, 0) is 49.8 Å². The SMILES string of the molecule is CCCN(CCC)C(=O)COc1ccc2c3c(c(=O)oc2c1)CCC3. The summed E-state index contributed by atoms with van der Waals surface area (Å²) >= 11 is 0. The van der Waals surface area contributed by atoms with Gasteiger partial charge < -0.3 is 14.1 Å². The number of hydrogen-bond donors (Lipinski definition) is 0. The van der Waals surface area contributed by atoms with Gasteiger partial charge in [0, 0.05) is 30.1 Å². The normalized spacial score (nSPS) is 13.0. The Balaban J connectivity index is 1.75. The summed E-state index contributed by atoms with van der Waals surface area (Å²) in [5.41, 5.74) is 2.21. The molecule has 5 nitrogen and oxygen atoms in total. The smallest absolute Gasteiger partial charge is 0.339 e. The molecule has 1 heterocycles. The molecule has 0 N–H and O–H groups in total. The van der Waals surface area contributed by atoms with E-state index >= 15 is 0 Å². The number of ether oxygens (including phenoxy) is 1. The first kappa shape index (κ1) is 17.5. The van der Waals surface area contributed by atoms with Crippen LogP contribution in [0, 0.1) is 0 Å². The Morgan fingerprint density at radius 1 is 1.16 bits per heavy atom. The highest BCUT2D eigenvalue weighted by atomic mass is 16.5. The standard InChI is InChI=1S/C20H25NO4/c1-3-10-21(11-4-2)19(22)13-24-14-8-9-16-15-6-5-7-17(15)20(23)25-18(16)12-14/h8-9,12H,3-7,10-11,13H2,1-2H3. The first-order valence-corrected chi connectivity index (χ1v) is 9.13. The molecule has 134 valence electrons. The van der Waals surface area contributed by atoms with Crippen LogP contribution in [0.25, 0.3) is 11.0 Å². The average molecular weight is 343 g/mol. The molecular formula is C20H25NO4. The largest absolute Gasteiger partial charge is 0.484 e. The lowest BCUT2D eigenvalue weighted by Gasteiger charge is -2.21. The van der Waals surface area contributed by atoms with E-state index in [4.69, 9.17) is 9.15 Å². The number of amides is 1. The lowest BCUT2D eigenvalue weighted by Crippen LogP contribution is -2.36. The summed E-state index contributed by atoms with van der Waals surface area (Å²) < 4.78 is 11.1. The minimum Gasteiger partial charge on any atom is -0.484 e. The molecular weight excluding hydrogens is 318 g/mol. The van der Waals surface area contributed by atoms with Gasteiger partial charge in [0.25, 0.3) is 5.91 Å². The Bertz CT molecular complexity index is 818. The number of carbonyl (C=O) groups is 1. The molecule has 5 heteroatoms. The zero-order chi connectivity index (χ0) is 17.8. The fourth-order valence-electron chi connectivity index (χ4n) is 3.49. The summed E-state index contributed by atoms with van der Waals surface area (Å²) in [5, 5.41) is 0.976. The molecule has 0 saturated carbocycles. The number of nitrogens with zero attached hydrogens (tertiary/aromatic N) is 1. The van der Waals surface area contributed by atoms with E-state index in [1.165, 1.54) is 0 Å². The predicted octanol–water partition coefficient (Wildman–Crippen LogP) is 3.31. The summed E-state index contributed by atoms with van der Waals surface area (Å²) in [7, 11) is 0. The van der Waals surface area contributed by atoms with Crippen LogP contribution < -0.4 is 10.4 Å². The van der Waals surface area contributed by atoms with Gasteiger partial charge >= 0.3 is 5.63 Å². The monoisotopic (exact) mass is 343 g/mol. The highest BCUT2D eigenvalue weighted by Crippen LogP contribution is 2.29. The van der Waals surface area contributed by atoms with Crippen molar-refractivity contribution in [2.75, 3.05) is 19.7 Å². The van der Waals surface area contributed by atoms with Gasteiger partial charge in [-0.3, -0.25) is 4.79 Å². The molecule has 0 unspecified atom stereocenters. The maximum Gasteiger partial charge on any atom is 0.339 e. The Labute approximate surface area is 147 Å². The second kappa shape index (κ2) is 7.72. The molecule has 1 aliphatic carbocycles. The van der Waals surface area contributed by atoms with Crippen molar-refractivity contribution in [2.45, 2.75) is 46.0 Å². The van der Waals surface area contributed by atoms with Crippen LogP contribution >= 0.6 is 0 Å². The average Bonchev–Trinajstić information content (AvgIpc) is 3.10. The van der Waals surface area contributed by atoms with Gasteiger partial charge in [0.05, 0.1) is 0 Å². The van der Waals surface area contributed by atoms with E-state index in [1.54, 1.807) is 6.07 Å². The number of carbonyl (C=O) groups excluding carboxylic acids is 1. The van der Waals surface area contributed by atoms with Crippen molar-refractivity contribution in [3.63, 3.8) is 0 Å². The number of rotatable bonds is 7. The van der Waals surface area contributed by atoms with Gasteiger partial charge in [-0.15, -0.1) is 0 Å². The minimum absolute atomic E-state index is 0.000674. The van der Waals surface area contributed by atoms with Gasteiger partial charge in [0.2, 0.25) is 0 Å². The van der Waals surface area contributed by atoms with Gasteiger partial charge in [0.1, 0.15) is 11.3 Å². The fourth-order valence-corrected chi connectivity index (χ4v) is 3.49. The van der Waals surface area contributed by atoms with Crippen molar-refractivity contribution in [1.82, 2.24) is 4.90 Å². The number of hydrogen-bond acceptors (Lipinski definition) is 4. The van der Waals surface area contributed by atoms with Crippen molar-refractivity contribution < 1.29 is 13.9 Å². The van der Waals surface area contributed by atoms with E-state index in [2.05, 4.69) is 13.8 Å². The molecule has 1 aromatic carbocycles. The molecule has 0 aliphatic heterocycles. The van der Waals surface area contributed by atoms with Gasteiger partial charge in [0.15, 0.2) is 6.61 Å². The molecule has 2 aromatic rings. The number of aryl methyl sites for hydroxylation is 1. The molecule has 1 amide bonds. The van der Waals surface area contributed by atoms with Gasteiger partial charge in [-0.2, -0.15) is 0 Å². The Morgan fingerprint density at radius 3 is 2.60 bits per heavy atom.